The van der Waals surface area contributed by atoms with Crippen LogP contribution in [0.5, 0.6) is 5.75 Å². The maximum absolute atomic E-state index is 12.8. The summed E-state index contributed by atoms with van der Waals surface area (Å²) in [7, 11) is 3.84. The van der Waals surface area contributed by atoms with Crippen molar-refractivity contribution in [3.05, 3.63) is 53.7 Å². The lowest BCUT2D eigenvalue weighted by molar-refractivity contribution is -0.123. The molecule has 0 saturated heterocycles. The summed E-state index contributed by atoms with van der Waals surface area (Å²) in [4.78, 5) is 13.9. The minimum absolute atomic E-state index is 0.0570. The van der Waals surface area contributed by atoms with Gasteiger partial charge in [-0.25, -0.2) is 4.39 Å². The van der Waals surface area contributed by atoms with Gasteiger partial charge in [-0.2, -0.15) is 0 Å². The van der Waals surface area contributed by atoms with Gasteiger partial charge in [0.25, 0.3) is 5.91 Å². The number of halogens is 1. The molecule has 23 heavy (non-hydrogen) atoms. The molecule has 0 aliphatic heterocycles. The van der Waals surface area contributed by atoms with Crippen molar-refractivity contribution in [3.63, 3.8) is 0 Å². The van der Waals surface area contributed by atoms with Crippen LogP contribution in [0.1, 0.15) is 17.6 Å². The van der Waals surface area contributed by atoms with Gasteiger partial charge in [-0.05, 0) is 57.4 Å². The van der Waals surface area contributed by atoms with E-state index in [1.807, 2.05) is 38.1 Å². The van der Waals surface area contributed by atoms with Crippen molar-refractivity contribution < 1.29 is 18.3 Å². The molecule has 1 aromatic carbocycles. The Morgan fingerprint density at radius 1 is 1.26 bits per heavy atom. The SMILES string of the molecule is Cc1ccc(C(CNC(=O)COc2ccc(F)cc2)N(C)C)o1. The van der Waals surface area contributed by atoms with Crippen molar-refractivity contribution in [1.29, 1.82) is 0 Å². The summed E-state index contributed by atoms with van der Waals surface area (Å²) in [5, 5.41) is 2.81. The summed E-state index contributed by atoms with van der Waals surface area (Å²) < 4.78 is 23.7. The maximum atomic E-state index is 12.8. The number of benzene rings is 1. The van der Waals surface area contributed by atoms with Crippen LogP contribution in [0.15, 0.2) is 40.8 Å². The highest BCUT2D eigenvalue weighted by molar-refractivity contribution is 5.77. The number of ether oxygens (including phenoxy) is 1. The van der Waals surface area contributed by atoms with E-state index in [4.69, 9.17) is 9.15 Å². The summed E-state index contributed by atoms with van der Waals surface area (Å²) in [6.45, 7) is 2.17. The number of carbonyl (C=O) groups excluding carboxylic acids is 1. The van der Waals surface area contributed by atoms with Crippen molar-refractivity contribution in [2.45, 2.75) is 13.0 Å². The zero-order chi connectivity index (χ0) is 16.8. The monoisotopic (exact) mass is 320 g/mol. The van der Waals surface area contributed by atoms with Crippen LogP contribution in [0.25, 0.3) is 0 Å². The van der Waals surface area contributed by atoms with Crippen LogP contribution >= 0.6 is 0 Å². The fourth-order valence-electron chi connectivity index (χ4n) is 2.11. The van der Waals surface area contributed by atoms with Gasteiger partial charge in [0.15, 0.2) is 6.61 Å². The molecule has 0 bridgehead atoms. The number of nitrogens with one attached hydrogen (secondary N) is 1. The summed E-state index contributed by atoms with van der Waals surface area (Å²) in [6, 6.07) is 9.28. The van der Waals surface area contributed by atoms with E-state index in [2.05, 4.69) is 5.32 Å². The van der Waals surface area contributed by atoms with Crippen molar-refractivity contribution in [2.24, 2.45) is 0 Å². The van der Waals surface area contributed by atoms with Gasteiger partial charge in [-0.3, -0.25) is 9.69 Å². The molecule has 1 atom stereocenters. The largest absolute Gasteiger partial charge is 0.484 e. The molecule has 1 amide bonds. The van der Waals surface area contributed by atoms with Gasteiger partial charge < -0.3 is 14.5 Å². The molecule has 1 heterocycles. The van der Waals surface area contributed by atoms with Gasteiger partial charge in [0.05, 0.1) is 6.04 Å². The number of likely N-dealkylation sites (N-methyl/N-ethyl adjacent to an activating group) is 1. The molecule has 1 aromatic heterocycles. The number of aryl methyl sites for hydroxylation is 1. The van der Waals surface area contributed by atoms with Crippen LogP contribution in [0, 0.1) is 12.7 Å². The molecule has 1 N–H and O–H groups in total. The Balaban J connectivity index is 1.83. The number of rotatable bonds is 7. The molecule has 0 spiro atoms. The second-order valence-corrected chi connectivity index (χ2v) is 5.47. The molecule has 5 nitrogen and oxygen atoms in total. The van der Waals surface area contributed by atoms with E-state index < -0.39 is 0 Å². The minimum Gasteiger partial charge on any atom is -0.484 e. The number of carbonyl (C=O) groups is 1. The number of hydrogen-bond donors (Lipinski definition) is 1. The lowest BCUT2D eigenvalue weighted by atomic mass is 10.2. The molecule has 0 radical (unpaired) electrons. The van der Waals surface area contributed by atoms with Crippen LogP contribution in [0.4, 0.5) is 4.39 Å². The first-order valence-electron chi connectivity index (χ1n) is 7.33. The van der Waals surface area contributed by atoms with Gasteiger partial charge in [-0.1, -0.05) is 0 Å². The van der Waals surface area contributed by atoms with Gasteiger partial charge in [0, 0.05) is 6.54 Å². The molecule has 0 aliphatic rings. The third kappa shape index (κ3) is 5.10. The highest BCUT2D eigenvalue weighted by Crippen LogP contribution is 2.19. The van der Waals surface area contributed by atoms with E-state index >= 15 is 0 Å². The predicted octanol–water partition coefficient (Wildman–Crippen LogP) is 2.53. The van der Waals surface area contributed by atoms with Crippen LogP contribution in [-0.2, 0) is 4.79 Å². The van der Waals surface area contributed by atoms with Crippen LogP contribution in [0.2, 0.25) is 0 Å². The Labute approximate surface area is 135 Å². The topological polar surface area (TPSA) is 54.7 Å². The Morgan fingerprint density at radius 3 is 2.52 bits per heavy atom. The first kappa shape index (κ1) is 17.0. The average Bonchev–Trinajstić information content (AvgIpc) is 2.93. The second kappa shape index (κ2) is 7.78. The van der Waals surface area contributed by atoms with Crippen molar-refractivity contribution in [1.82, 2.24) is 10.2 Å². The maximum Gasteiger partial charge on any atom is 0.258 e. The van der Waals surface area contributed by atoms with Crippen molar-refractivity contribution >= 4 is 5.91 Å². The average molecular weight is 320 g/mol. The molecule has 124 valence electrons. The standard InChI is InChI=1S/C17H21FN2O3/c1-12-4-9-16(23-12)15(20(2)3)10-19-17(21)11-22-14-7-5-13(18)6-8-14/h4-9,15H,10-11H2,1-3H3,(H,19,21). The number of furan rings is 1. The Hall–Kier alpha value is -2.34. The van der Waals surface area contributed by atoms with E-state index in [1.54, 1.807) is 0 Å². The third-order valence-electron chi connectivity index (χ3n) is 3.39. The predicted molar refractivity (Wildman–Crippen MR) is 84.8 cm³/mol. The van der Waals surface area contributed by atoms with Crippen molar-refractivity contribution in [2.75, 3.05) is 27.2 Å². The molecular weight excluding hydrogens is 299 g/mol. The smallest absolute Gasteiger partial charge is 0.258 e. The zero-order valence-corrected chi connectivity index (χ0v) is 13.5. The molecule has 0 aliphatic carbocycles. The van der Waals surface area contributed by atoms with E-state index in [9.17, 15) is 9.18 Å². The number of hydrogen-bond acceptors (Lipinski definition) is 4. The number of amides is 1. The first-order valence-corrected chi connectivity index (χ1v) is 7.33. The number of nitrogens with zero attached hydrogens (tertiary/aromatic N) is 1. The van der Waals surface area contributed by atoms with Gasteiger partial charge in [-0.15, -0.1) is 0 Å². The Morgan fingerprint density at radius 2 is 1.96 bits per heavy atom. The molecule has 0 fully saturated rings. The van der Waals surface area contributed by atoms with E-state index in [-0.39, 0.29) is 24.4 Å². The first-order chi connectivity index (χ1) is 11.0. The normalized spacial score (nSPS) is 12.2. The summed E-state index contributed by atoms with van der Waals surface area (Å²) >= 11 is 0. The minimum atomic E-state index is -0.343. The molecular formula is C17H21FN2O3. The quantitative estimate of drug-likeness (QED) is 0.852. The van der Waals surface area contributed by atoms with E-state index in [1.165, 1.54) is 24.3 Å². The van der Waals surface area contributed by atoms with E-state index in [0.717, 1.165) is 11.5 Å². The molecule has 6 heteroatoms. The zero-order valence-electron chi connectivity index (χ0n) is 13.5. The third-order valence-corrected chi connectivity index (χ3v) is 3.39. The molecule has 2 aromatic rings. The van der Waals surface area contributed by atoms with Crippen molar-refractivity contribution in [3.8, 4) is 5.75 Å². The second-order valence-electron chi connectivity index (χ2n) is 5.47. The van der Waals surface area contributed by atoms with Crippen LogP contribution in [0.3, 0.4) is 0 Å². The molecule has 2 rings (SSSR count). The Kier molecular flexibility index (Phi) is 5.76. The molecule has 1 unspecified atom stereocenters. The lowest BCUT2D eigenvalue weighted by Gasteiger charge is -2.22. The Bertz CT molecular complexity index is 638. The molecule has 0 saturated carbocycles. The fourth-order valence-corrected chi connectivity index (χ4v) is 2.11. The highest BCUT2D eigenvalue weighted by Gasteiger charge is 2.18. The van der Waals surface area contributed by atoms with Gasteiger partial charge in [0.2, 0.25) is 0 Å². The van der Waals surface area contributed by atoms with E-state index in [0.29, 0.717) is 12.3 Å². The van der Waals surface area contributed by atoms with Gasteiger partial charge in [0.1, 0.15) is 23.1 Å². The summed E-state index contributed by atoms with van der Waals surface area (Å²) in [6.07, 6.45) is 0. The summed E-state index contributed by atoms with van der Waals surface area (Å²) in [5.41, 5.74) is 0. The van der Waals surface area contributed by atoms with Crippen LogP contribution < -0.4 is 10.1 Å². The van der Waals surface area contributed by atoms with Crippen LogP contribution in [-0.4, -0.2) is 38.1 Å². The highest BCUT2D eigenvalue weighted by atomic mass is 19.1. The fraction of sp³-hybridized carbons (Fsp3) is 0.353. The van der Waals surface area contributed by atoms with Gasteiger partial charge >= 0.3 is 0 Å². The lowest BCUT2D eigenvalue weighted by Crippen LogP contribution is -2.36. The summed E-state index contributed by atoms with van der Waals surface area (Å²) in [5.74, 6) is 1.49.